The molecule has 0 aliphatic heterocycles. The number of carbonyl (C=O) groups is 2. The third-order valence-corrected chi connectivity index (χ3v) is 5.35. The van der Waals surface area contributed by atoms with Crippen molar-refractivity contribution < 1.29 is 9.59 Å². The summed E-state index contributed by atoms with van der Waals surface area (Å²) < 4.78 is 0. The minimum atomic E-state index is -0.363. The van der Waals surface area contributed by atoms with E-state index in [1.54, 1.807) is 0 Å². The topological polar surface area (TPSA) is 34.1 Å². The maximum atomic E-state index is 12.9. The van der Waals surface area contributed by atoms with E-state index >= 15 is 0 Å². The Labute approximate surface area is 123 Å². The van der Waals surface area contributed by atoms with E-state index in [4.69, 9.17) is 0 Å². The quantitative estimate of drug-likeness (QED) is 0.726. The van der Waals surface area contributed by atoms with Gasteiger partial charge in [-0.15, -0.1) is 0 Å². The van der Waals surface area contributed by atoms with E-state index in [-0.39, 0.29) is 40.3 Å². The molecule has 20 heavy (non-hydrogen) atoms. The van der Waals surface area contributed by atoms with Crippen molar-refractivity contribution in [2.24, 2.45) is 34.5 Å². The van der Waals surface area contributed by atoms with Gasteiger partial charge in [-0.05, 0) is 24.7 Å². The van der Waals surface area contributed by atoms with Crippen LogP contribution in [0.25, 0.3) is 0 Å². The average Bonchev–Trinajstić information content (AvgIpc) is 2.95. The van der Waals surface area contributed by atoms with Gasteiger partial charge in [0.05, 0.1) is 0 Å². The van der Waals surface area contributed by atoms with Gasteiger partial charge in [0.15, 0.2) is 0 Å². The van der Waals surface area contributed by atoms with Crippen LogP contribution in [0.4, 0.5) is 0 Å². The first-order chi connectivity index (χ1) is 9.09. The van der Waals surface area contributed by atoms with Crippen molar-refractivity contribution in [3.05, 3.63) is 12.2 Å². The molecule has 0 N–H and O–H groups in total. The second-order valence-corrected chi connectivity index (χ2v) is 8.22. The fraction of sp³-hybridized carbons (Fsp3) is 0.778. The van der Waals surface area contributed by atoms with Crippen molar-refractivity contribution in [2.45, 2.75) is 54.4 Å². The first-order valence-electron chi connectivity index (χ1n) is 7.86. The highest BCUT2D eigenvalue weighted by Gasteiger charge is 2.54. The van der Waals surface area contributed by atoms with Crippen LogP contribution in [0.3, 0.4) is 0 Å². The molecule has 2 nitrogen and oxygen atoms in total. The zero-order valence-corrected chi connectivity index (χ0v) is 13.7. The maximum absolute atomic E-state index is 12.9. The fourth-order valence-electron chi connectivity index (χ4n) is 3.66. The highest BCUT2D eigenvalue weighted by Crippen LogP contribution is 2.52. The molecule has 2 rings (SSSR count). The average molecular weight is 276 g/mol. The predicted molar refractivity (Wildman–Crippen MR) is 81.3 cm³/mol. The van der Waals surface area contributed by atoms with Crippen LogP contribution in [0.5, 0.6) is 0 Å². The zero-order chi connectivity index (χ0) is 15.3. The van der Waals surface area contributed by atoms with Gasteiger partial charge in [-0.3, -0.25) is 9.59 Å². The van der Waals surface area contributed by atoms with E-state index in [0.717, 1.165) is 12.8 Å². The van der Waals surface area contributed by atoms with E-state index in [1.807, 2.05) is 34.6 Å². The van der Waals surface area contributed by atoms with Gasteiger partial charge in [0.25, 0.3) is 0 Å². The van der Waals surface area contributed by atoms with Crippen molar-refractivity contribution in [2.75, 3.05) is 0 Å². The smallest absolute Gasteiger partial charge is 0.142 e. The SMILES string of the molecule is CCC(C)(C)C(=O)C1C2C=CC(C2)C1C(=O)C(C)(C)C. The Balaban J connectivity index is 2.34. The van der Waals surface area contributed by atoms with E-state index in [1.165, 1.54) is 0 Å². The second kappa shape index (κ2) is 4.82. The van der Waals surface area contributed by atoms with E-state index in [9.17, 15) is 9.59 Å². The van der Waals surface area contributed by atoms with Crippen LogP contribution in [0, 0.1) is 34.5 Å². The van der Waals surface area contributed by atoms with Crippen molar-refractivity contribution >= 4 is 11.6 Å². The summed E-state index contributed by atoms with van der Waals surface area (Å²) in [6, 6.07) is 0. The first-order valence-corrected chi connectivity index (χ1v) is 7.86. The molecule has 4 atom stereocenters. The number of Topliss-reactive ketones (excluding diaryl/α,β-unsaturated/α-hetero) is 2. The summed E-state index contributed by atoms with van der Waals surface area (Å²) in [6.07, 6.45) is 6.16. The van der Waals surface area contributed by atoms with Gasteiger partial charge < -0.3 is 0 Å². The summed E-state index contributed by atoms with van der Waals surface area (Å²) >= 11 is 0. The Hall–Kier alpha value is -0.920. The number of carbonyl (C=O) groups excluding carboxylic acids is 2. The molecule has 0 saturated heterocycles. The van der Waals surface area contributed by atoms with Gasteiger partial charge in [0.2, 0.25) is 0 Å². The van der Waals surface area contributed by atoms with E-state index < -0.39 is 0 Å². The molecular weight excluding hydrogens is 248 g/mol. The highest BCUT2D eigenvalue weighted by atomic mass is 16.1. The normalized spacial score (nSPS) is 32.7. The molecule has 2 heteroatoms. The van der Waals surface area contributed by atoms with Crippen LogP contribution in [0.1, 0.15) is 54.4 Å². The minimum Gasteiger partial charge on any atom is -0.299 e. The largest absolute Gasteiger partial charge is 0.299 e. The molecule has 0 amide bonds. The molecule has 0 spiro atoms. The summed E-state index contributed by atoms with van der Waals surface area (Å²) in [5.74, 6) is 0.942. The third-order valence-electron chi connectivity index (χ3n) is 5.35. The van der Waals surface area contributed by atoms with Gasteiger partial charge in [0, 0.05) is 22.7 Å². The number of fused-ring (bicyclic) bond motifs is 2. The molecule has 0 radical (unpaired) electrons. The molecule has 2 aliphatic rings. The minimum absolute atomic E-state index is 0.0910. The molecule has 0 aromatic rings. The van der Waals surface area contributed by atoms with Gasteiger partial charge in [-0.25, -0.2) is 0 Å². The lowest BCUT2D eigenvalue weighted by molar-refractivity contribution is -0.141. The Morgan fingerprint density at radius 2 is 1.40 bits per heavy atom. The van der Waals surface area contributed by atoms with Gasteiger partial charge in [-0.2, -0.15) is 0 Å². The number of hydrogen-bond donors (Lipinski definition) is 0. The van der Waals surface area contributed by atoms with Gasteiger partial charge in [0.1, 0.15) is 11.6 Å². The number of hydrogen-bond acceptors (Lipinski definition) is 2. The molecule has 4 unspecified atom stereocenters. The molecule has 112 valence electrons. The maximum Gasteiger partial charge on any atom is 0.142 e. The summed E-state index contributed by atoms with van der Waals surface area (Å²) in [7, 11) is 0. The number of allylic oxidation sites excluding steroid dienone is 2. The standard InChI is InChI=1S/C18H28O2/c1-7-18(5,6)16(20)14-12-9-8-11(10-12)13(14)15(19)17(2,3)4/h8-9,11-14H,7,10H2,1-6H3. The summed E-state index contributed by atoms with van der Waals surface area (Å²) in [5, 5.41) is 0. The van der Waals surface area contributed by atoms with Crippen molar-refractivity contribution in [3.63, 3.8) is 0 Å². The number of rotatable bonds is 4. The fourth-order valence-corrected chi connectivity index (χ4v) is 3.66. The predicted octanol–water partition coefficient (Wildman–Crippen LogP) is 4.05. The lowest BCUT2D eigenvalue weighted by Crippen LogP contribution is -2.43. The monoisotopic (exact) mass is 276 g/mol. The van der Waals surface area contributed by atoms with Crippen LogP contribution in [-0.2, 0) is 9.59 Å². The molecule has 0 heterocycles. The van der Waals surface area contributed by atoms with Crippen LogP contribution >= 0.6 is 0 Å². The van der Waals surface area contributed by atoms with E-state index in [0.29, 0.717) is 5.78 Å². The molecule has 1 fully saturated rings. The molecule has 2 aliphatic carbocycles. The molecule has 1 saturated carbocycles. The summed E-state index contributed by atoms with van der Waals surface area (Å²) in [5.41, 5.74) is -0.683. The van der Waals surface area contributed by atoms with Crippen molar-refractivity contribution in [1.82, 2.24) is 0 Å². The molecule has 0 aromatic heterocycles. The number of ketones is 2. The Morgan fingerprint density at radius 1 is 0.950 bits per heavy atom. The lowest BCUT2D eigenvalue weighted by Gasteiger charge is -2.35. The van der Waals surface area contributed by atoms with Crippen LogP contribution in [0.15, 0.2) is 12.2 Å². The summed E-state index contributed by atoms with van der Waals surface area (Å²) in [6.45, 7) is 12.0. The van der Waals surface area contributed by atoms with Gasteiger partial charge >= 0.3 is 0 Å². The molecule has 2 bridgehead atoms. The Morgan fingerprint density at radius 3 is 1.80 bits per heavy atom. The third kappa shape index (κ3) is 2.38. The highest BCUT2D eigenvalue weighted by molar-refractivity contribution is 5.96. The zero-order valence-electron chi connectivity index (χ0n) is 13.7. The summed E-state index contributed by atoms with van der Waals surface area (Å²) in [4.78, 5) is 25.7. The Bertz CT molecular complexity index is 451. The molecular formula is C18H28O2. The van der Waals surface area contributed by atoms with Crippen molar-refractivity contribution in [1.29, 1.82) is 0 Å². The lowest BCUT2D eigenvalue weighted by atomic mass is 9.66. The van der Waals surface area contributed by atoms with Gasteiger partial charge in [-0.1, -0.05) is 53.7 Å². The van der Waals surface area contributed by atoms with Crippen LogP contribution < -0.4 is 0 Å². The van der Waals surface area contributed by atoms with Crippen LogP contribution in [-0.4, -0.2) is 11.6 Å². The second-order valence-electron chi connectivity index (χ2n) is 8.22. The van der Waals surface area contributed by atoms with E-state index in [2.05, 4.69) is 19.1 Å². The molecule has 0 aromatic carbocycles. The Kier molecular flexibility index (Phi) is 3.73. The van der Waals surface area contributed by atoms with Crippen LogP contribution in [0.2, 0.25) is 0 Å². The first kappa shape index (κ1) is 15.5. The van der Waals surface area contributed by atoms with Crippen molar-refractivity contribution in [3.8, 4) is 0 Å².